The minimum atomic E-state index is -0.408. The van der Waals surface area contributed by atoms with E-state index in [2.05, 4.69) is 20.4 Å². The predicted octanol–water partition coefficient (Wildman–Crippen LogP) is 3.35. The van der Waals surface area contributed by atoms with Crippen LogP contribution in [0.5, 0.6) is 0 Å². The van der Waals surface area contributed by atoms with Crippen LogP contribution >= 0.6 is 11.8 Å². The zero-order valence-corrected chi connectivity index (χ0v) is 18.9. The molecule has 0 aliphatic carbocycles. The predicted molar refractivity (Wildman–Crippen MR) is 123 cm³/mol. The number of nitrogens with one attached hydrogen (secondary N) is 1. The summed E-state index contributed by atoms with van der Waals surface area (Å²) in [6.45, 7) is 6.84. The Hall–Kier alpha value is -2.91. The Morgan fingerprint density at radius 1 is 1.19 bits per heavy atom. The SMILES string of the molecule is Cc1ccc(CNC(=O)C(C)Sc2nnc(N3CCOCC3)n2-c2cccc(F)c2)cc1. The average Bonchev–Trinajstić information content (AvgIpc) is 3.22. The Balaban J connectivity index is 1.52. The van der Waals surface area contributed by atoms with E-state index in [9.17, 15) is 9.18 Å². The van der Waals surface area contributed by atoms with Gasteiger partial charge in [0.1, 0.15) is 5.82 Å². The van der Waals surface area contributed by atoms with Crippen molar-refractivity contribution in [2.75, 3.05) is 31.2 Å². The van der Waals surface area contributed by atoms with Crippen molar-refractivity contribution in [3.63, 3.8) is 0 Å². The van der Waals surface area contributed by atoms with Gasteiger partial charge in [-0.1, -0.05) is 47.7 Å². The molecule has 1 N–H and O–H groups in total. The van der Waals surface area contributed by atoms with Crippen molar-refractivity contribution in [2.24, 2.45) is 0 Å². The Bertz CT molecular complexity index is 1070. The summed E-state index contributed by atoms with van der Waals surface area (Å²) in [7, 11) is 0. The molecule has 0 saturated carbocycles. The number of anilines is 1. The van der Waals surface area contributed by atoms with E-state index in [0.29, 0.717) is 49.6 Å². The number of aromatic nitrogens is 3. The van der Waals surface area contributed by atoms with E-state index in [0.717, 1.165) is 5.56 Å². The molecular weight excluding hydrogens is 429 g/mol. The van der Waals surface area contributed by atoms with Crippen LogP contribution in [0.2, 0.25) is 0 Å². The van der Waals surface area contributed by atoms with Crippen molar-refractivity contribution >= 4 is 23.6 Å². The molecular formula is C23H26FN5O2S. The van der Waals surface area contributed by atoms with Gasteiger partial charge in [0, 0.05) is 19.6 Å². The second-order valence-electron chi connectivity index (χ2n) is 7.66. The molecule has 0 radical (unpaired) electrons. The second-order valence-corrected chi connectivity index (χ2v) is 8.97. The molecule has 1 aliphatic rings. The van der Waals surface area contributed by atoms with E-state index in [1.54, 1.807) is 6.07 Å². The first kappa shape index (κ1) is 22.3. The number of hydrogen-bond acceptors (Lipinski definition) is 6. The zero-order chi connectivity index (χ0) is 22.5. The van der Waals surface area contributed by atoms with Crippen LogP contribution in [0, 0.1) is 12.7 Å². The standard InChI is InChI=1S/C23H26FN5O2S/c1-16-6-8-18(9-7-16)15-25-21(30)17(2)32-23-27-26-22(28-10-12-31-13-11-28)29(23)20-5-3-4-19(24)14-20/h3-9,14,17H,10-13,15H2,1-2H3,(H,25,30). The maximum absolute atomic E-state index is 14.0. The number of morpholine rings is 1. The maximum atomic E-state index is 14.0. The lowest BCUT2D eigenvalue weighted by atomic mass is 10.1. The number of carbonyl (C=O) groups excluding carboxylic acids is 1. The van der Waals surface area contributed by atoms with Crippen molar-refractivity contribution < 1.29 is 13.9 Å². The van der Waals surface area contributed by atoms with Gasteiger partial charge in [-0.05, 0) is 37.6 Å². The summed E-state index contributed by atoms with van der Waals surface area (Å²) in [6, 6.07) is 14.4. The molecule has 1 atom stereocenters. The van der Waals surface area contributed by atoms with E-state index >= 15 is 0 Å². The minimum Gasteiger partial charge on any atom is -0.378 e. The van der Waals surface area contributed by atoms with E-state index in [-0.39, 0.29) is 11.7 Å². The van der Waals surface area contributed by atoms with E-state index < -0.39 is 5.25 Å². The van der Waals surface area contributed by atoms with Gasteiger partial charge in [0.15, 0.2) is 5.16 Å². The van der Waals surface area contributed by atoms with Gasteiger partial charge in [-0.15, -0.1) is 10.2 Å². The number of rotatable bonds is 7. The third-order valence-electron chi connectivity index (χ3n) is 5.22. The Labute approximate surface area is 191 Å². The van der Waals surface area contributed by atoms with Crippen LogP contribution in [0.15, 0.2) is 53.7 Å². The largest absolute Gasteiger partial charge is 0.378 e. The van der Waals surface area contributed by atoms with Crippen LogP contribution in [0.3, 0.4) is 0 Å². The van der Waals surface area contributed by atoms with Crippen LogP contribution < -0.4 is 10.2 Å². The molecule has 3 aromatic rings. The Morgan fingerprint density at radius 3 is 2.66 bits per heavy atom. The van der Waals surface area contributed by atoms with Crippen molar-refractivity contribution in [1.82, 2.24) is 20.1 Å². The summed E-state index contributed by atoms with van der Waals surface area (Å²) in [6.07, 6.45) is 0. The highest BCUT2D eigenvalue weighted by atomic mass is 32.2. The Morgan fingerprint density at radius 2 is 1.94 bits per heavy atom. The van der Waals surface area contributed by atoms with Gasteiger partial charge in [-0.25, -0.2) is 4.39 Å². The number of carbonyl (C=O) groups is 1. The van der Waals surface area contributed by atoms with Gasteiger partial charge >= 0.3 is 0 Å². The number of nitrogens with zero attached hydrogens (tertiary/aromatic N) is 4. The average molecular weight is 456 g/mol. The molecule has 4 rings (SSSR count). The van der Waals surface area contributed by atoms with Gasteiger partial charge in [-0.3, -0.25) is 9.36 Å². The fourth-order valence-electron chi connectivity index (χ4n) is 3.40. The third kappa shape index (κ3) is 5.28. The topological polar surface area (TPSA) is 72.3 Å². The molecule has 1 amide bonds. The second kappa shape index (κ2) is 10.1. The fourth-order valence-corrected chi connectivity index (χ4v) is 4.29. The normalized spacial score (nSPS) is 14.9. The van der Waals surface area contributed by atoms with Gasteiger partial charge in [-0.2, -0.15) is 0 Å². The number of hydrogen-bond donors (Lipinski definition) is 1. The highest BCUT2D eigenvalue weighted by Gasteiger charge is 2.25. The van der Waals surface area contributed by atoms with Gasteiger partial charge in [0.25, 0.3) is 0 Å². The monoisotopic (exact) mass is 455 g/mol. The van der Waals surface area contributed by atoms with E-state index in [4.69, 9.17) is 4.74 Å². The molecule has 168 valence electrons. The van der Waals surface area contributed by atoms with Crippen LogP contribution in [0.25, 0.3) is 5.69 Å². The van der Waals surface area contributed by atoms with E-state index in [1.807, 2.05) is 48.7 Å². The first-order valence-corrected chi connectivity index (χ1v) is 11.4. The number of benzene rings is 2. The molecule has 2 aromatic carbocycles. The highest BCUT2D eigenvalue weighted by molar-refractivity contribution is 8.00. The summed E-state index contributed by atoms with van der Waals surface area (Å²) in [5.74, 6) is 0.176. The van der Waals surface area contributed by atoms with Crippen LogP contribution in [-0.2, 0) is 16.1 Å². The third-order valence-corrected chi connectivity index (χ3v) is 6.26. The van der Waals surface area contributed by atoms with Gasteiger partial charge < -0.3 is 15.0 Å². The molecule has 7 nitrogen and oxygen atoms in total. The lowest BCUT2D eigenvalue weighted by Gasteiger charge is -2.28. The number of ether oxygens (including phenoxy) is 1. The summed E-state index contributed by atoms with van der Waals surface area (Å²) in [4.78, 5) is 14.8. The molecule has 0 spiro atoms. The summed E-state index contributed by atoms with van der Waals surface area (Å²) in [5, 5.41) is 11.8. The van der Waals surface area contributed by atoms with Crippen molar-refractivity contribution in [3.05, 3.63) is 65.5 Å². The molecule has 32 heavy (non-hydrogen) atoms. The van der Waals surface area contributed by atoms with Gasteiger partial charge in [0.05, 0.1) is 24.2 Å². The first-order valence-electron chi connectivity index (χ1n) is 10.6. The number of amides is 1. The molecule has 0 bridgehead atoms. The van der Waals surface area contributed by atoms with Crippen molar-refractivity contribution in [2.45, 2.75) is 30.8 Å². The zero-order valence-electron chi connectivity index (χ0n) is 18.1. The van der Waals surface area contributed by atoms with Crippen LogP contribution in [0.1, 0.15) is 18.1 Å². The van der Waals surface area contributed by atoms with Crippen molar-refractivity contribution in [1.29, 1.82) is 0 Å². The Kier molecular flexibility index (Phi) is 7.06. The summed E-state index contributed by atoms with van der Waals surface area (Å²) in [5.41, 5.74) is 2.83. The number of halogens is 1. The highest BCUT2D eigenvalue weighted by Crippen LogP contribution is 2.30. The number of thioether (sulfide) groups is 1. The molecule has 1 fully saturated rings. The fraction of sp³-hybridized carbons (Fsp3) is 0.348. The van der Waals surface area contributed by atoms with E-state index in [1.165, 1.54) is 29.5 Å². The molecule has 1 aliphatic heterocycles. The molecule has 1 unspecified atom stereocenters. The van der Waals surface area contributed by atoms with Gasteiger partial charge in [0.2, 0.25) is 11.9 Å². The lowest BCUT2D eigenvalue weighted by Crippen LogP contribution is -2.38. The molecule has 9 heteroatoms. The summed E-state index contributed by atoms with van der Waals surface area (Å²) >= 11 is 1.30. The minimum absolute atomic E-state index is 0.0997. The van der Waals surface area contributed by atoms with Crippen molar-refractivity contribution in [3.8, 4) is 5.69 Å². The quantitative estimate of drug-likeness (QED) is 0.551. The number of aryl methyl sites for hydroxylation is 1. The summed E-state index contributed by atoms with van der Waals surface area (Å²) < 4.78 is 21.2. The molecule has 1 aromatic heterocycles. The molecule has 2 heterocycles. The smallest absolute Gasteiger partial charge is 0.233 e. The maximum Gasteiger partial charge on any atom is 0.233 e. The lowest BCUT2D eigenvalue weighted by molar-refractivity contribution is -0.120. The van der Waals surface area contributed by atoms with Crippen LogP contribution in [-0.4, -0.2) is 52.2 Å². The van der Waals surface area contributed by atoms with Crippen LogP contribution in [0.4, 0.5) is 10.3 Å². The first-order chi connectivity index (χ1) is 15.5. The molecule has 1 saturated heterocycles.